The second-order valence-corrected chi connectivity index (χ2v) is 19.8. The first-order chi connectivity index (χ1) is 28.4. The molecule has 3 aliphatic heterocycles. The molecule has 0 radical (unpaired) electrons. The molecule has 1 aromatic carbocycles. The Morgan fingerprint density at radius 3 is 2.56 bits per heavy atom. The topological polar surface area (TPSA) is 189 Å². The molecule has 17 heteroatoms. The Hall–Kier alpha value is -4.77. The number of allylic oxidation sites excluding steroid dienone is 1. The molecule has 3 aliphatic carbocycles. The Bertz CT molecular complexity index is 2320. The molecule has 15 nitrogen and oxygen atoms in total. The highest BCUT2D eigenvalue weighted by molar-refractivity contribution is 7.91. The number of carbonyl (C=O) groups is 4. The summed E-state index contributed by atoms with van der Waals surface area (Å²) in [4.78, 5) is 69.6. The van der Waals surface area contributed by atoms with E-state index in [2.05, 4.69) is 20.7 Å². The molecule has 0 bridgehead atoms. The molecule has 5 atom stereocenters. The molecule has 6 aliphatic rings. The van der Waals surface area contributed by atoms with E-state index >= 15 is 0 Å². The van der Waals surface area contributed by atoms with Crippen LogP contribution in [0.1, 0.15) is 94.2 Å². The van der Waals surface area contributed by atoms with Crippen molar-refractivity contribution in [2.75, 3.05) is 26.7 Å². The summed E-state index contributed by atoms with van der Waals surface area (Å²) in [5.74, 6) is -0.526. The third-order valence-corrected chi connectivity index (χ3v) is 15.4. The minimum Gasteiger partial charge on any atom is -0.496 e. The van der Waals surface area contributed by atoms with Gasteiger partial charge in [0.25, 0.3) is 5.91 Å². The van der Waals surface area contributed by atoms with Gasteiger partial charge in [-0.15, -0.1) is 11.3 Å². The molecule has 59 heavy (non-hydrogen) atoms. The number of nitrogens with zero attached hydrogens (tertiary/aromatic N) is 4. The molecule has 9 rings (SSSR count). The molecule has 5 fully saturated rings. The number of amides is 5. The average molecular weight is 846 g/mol. The van der Waals surface area contributed by atoms with Gasteiger partial charge < -0.3 is 29.9 Å². The number of aromatic nitrogens is 2. The fraction of sp³-hybridized carbons (Fsp3) is 0.571. The molecule has 314 valence electrons. The smallest absolute Gasteiger partial charge is 0.318 e. The molecule has 2 saturated heterocycles. The molecule has 5 heterocycles. The number of methoxy groups -OCH3 is 1. The van der Waals surface area contributed by atoms with Gasteiger partial charge in [-0.05, 0) is 76.8 Å². The van der Waals surface area contributed by atoms with Crippen LogP contribution in [0.3, 0.4) is 0 Å². The van der Waals surface area contributed by atoms with Crippen molar-refractivity contribution in [2.24, 2.45) is 5.92 Å². The molecule has 2 aromatic heterocycles. The van der Waals surface area contributed by atoms with Gasteiger partial charge in [0.15, 0.2) is 0 Å². The van der Waals surface area contributed by atoms with Crippen molar-refractivity contribution in [2.45, 2.75) is 119 Å². The van der Waals surface area contributed by atoms with Gasteiger partial charge in [-0.1, -0.05) is 25.0 Å². The van der Waals surface area contributed by atoms with E-state index in [1.807, 2.05) is 37.3 Å². The number of ether oxygens (including phenoxy) is 2. The summed E-state index contributed by atoms with van der Waals surface area (Å²) in [7, 11) is -2.28. The number of fused-ring (bicyclic) bond motifs is 3. The van der Waals surface area contributed by atoms with Gasteiger partial charge in [-0.25, -0.2) is 23.2 Å². The Morgan fingerprint density at radius 1 is 1.02 bits per heavy atom. The number of likely N-dealkylation sites (tertiary alicyclic amines) is 1. The van der Waals surface area contributed by atoms with Crippen molar-refractivity contribution in [3.05, 3.63) is 47.0 Å². The van der Waals surface area contributed by atoms with Crippen LogP contribution >= 0.6 is 11.3 Å². The molecule has 0 spiro atoms. The van der Waals surface area contributed by atoms with Crippen molar-refractivity contribution < 1.29 is 37.1 Å². The van der Waals surface area contributed by atoms with Crippen molar-refractivity contribution in [1.29, 1.82) is 0 Å². The number of rotatable bonds is 9. The van der Waals surface area contributed by atoms with Crippen LogP contribution in [0.2, 0.25) is 0 Å². The van der Waals surface area contributed by atoms with Gasteiger partial charge in [0.2, 0.25) is 21.8 Å². The Kier molecular flexibility index (Phi) is 10.5. The van der Waals surface area contributed by atoms with Crippen molar-refractivity contribution in [3.63, 3.8) is 0 Å². The van der Waals surface area contributed by atoms with E-state index in [1.54, 1.807) is 12.0 Å². The van der Waals surface area contributed by atoms with Crippen LogP contribution in [0, 0.1) is 12.8 Å². The largest absolute Gasteiger partial charge is 0.496 e. The van der Waals surface area contributed by atoms with Gasteiger partial charge in [0.1, 0.15) is 45.9 Å². The summed E-state index contributed by atoms with van der Waals surface area (Å²) in [5, 5.41) is 8.86. The number of thiazole rings is 1. The normalized spacial score (nSPS) is 28.0. The van der Waals surface area contributed by atoms with E-state index in [-0.39, 0.29) is 25.4 Å². The van der Waals surface area contributed by atoms with Gasteiger partial charge in [-0.2, -0.15) is 0 Å². The fourth-order valence-corrected chi connectivity index (χ4v) is 10.8. The summed E-state index contributed by atoms with van der Waals surface area (Å²) >= 11 is 1.53. The van der Waals surface area contributed by atoms with E-state index in [0.717, 1.165) is 60.2 Å². The SMILES string of the molecule is COc1ccc2c(O[C@@H]3C[C@H]4C(=O)N[C@]5(C(=O)NS(=O)(=O)C6CC6)C[C@H]5/C=C\CCCCC[C@H](NC(=O)N5CCC5)C(=O)N4C3)cc(-c3nc(C4CC4)cs3)nc2c1C. The number of urea groups is 1. The third-order valence-electron chi connectivity index (χ3n) is 12.7. The second-order valence-electron chi connectivity index (χ2n) is 17.0. The lowest BCUT2D eigenvalue weighted by molar-refractivity contribution is -0.141. The Labute approximate surface area is 347 Å². The van der Waals surface area contributed by atoms with Crippen LogP contribution < -0.4 is 24.8 Å². The zero-order valence-corrected chi connectivity index (χ0v) is 35.0. The van der Waals surface area contributed by atoms with E-state index in [4.69, 9.17) is 19.4 Å². The maximum absolute atomic E-state index is 14.7. The molecule has 0 unspecified atom stereocenters. The van der Waals surface area contributed by atoms with Gasteiger partial charge >= 0.3 is 6.03 Å². The monoisotopic (exact) mass is 845 g/mol. The molecule has 3 aromatic rings. The van der Waals surface area contributed by atoms with E-state index in [9.17, 15) is 27.6 Å². The van der Waals surface area contributed by atoms with Crippen LogP contribution in [0.15, 0.2) is 35.7 Å². The van der Waals surface area contributed by atoms with Gasteiger partial charge in [0.05, 0.1) is 30.1 Å². The summed E-state index contributed by atoms with van der Waals surface area (Å²) < 4.78 is 40.6. The van der Waals surface area contributed by atoms with Crippen molar-refractivity contribution in [3.8, 4) is 22.2 Å². The standard InChI is InChI=1S/C42H51N7O8S2/c1-24-34(56-2)16-15-29-35(20-31(43-36(24)29)38-44-32(23-58-38)25-11-12-25)57-27-19-33-37(50)46-42(40(52)47-59(54,55)28-13-14-28)21-26(42)9-6-4-3-5-7-10-30(39(51)49(33)22-27)45-41(53)48-17-8-18-48/h6,9,15-16,20,23,25-28,30,33H,3-5,7-8,10-14,17-19,21-22H2,1-2H3,(H,45,53)(H,46,50)(H,47,52)/b9-6-/t26-,27-,30+,33+,42-/m1/s1. The van der Waals surface area contributed by atoms with E-state index < -0.39 is 62.6 Å². The lowest BCUT2D eigenvalue weighted by Gasteiger charge is -2.34. The maximum atomic E-state index is 14.7. The Morgan fingerprint density at radius 2 is 1.83 bits per heavy atom. The van der Waals surface area contributed by atoms with Crippen LogP contribution in [0.4, 0.5) is 4.79 Å². The van der Waals surface area contributed by atoms with E-state index in [0.29, 0.717) is 67.4 Å². The number of carbonyl (C=O) groups excluding carboxylic acids is 4. The molecule has 5 amide bonds. The van der Waals surface area contributed by atoms with Crippen molar-refractivity contribution in [1.82, 2.24) is 35.1 Å². The van der Waals surface area contributed by atoms with Crippen LogP contribution in [0.25, 0.3) is 21.6 Å². The summed E-state index contributed by atoms with van der Waals surface area (Å²) in [5.41, 5.74) is 1.71. The molecule has 3 saturated carbocycles. The minimum atomic E-state index is -3.89. The molecule has 3 N–H and O–H groups in total. The first-order valence-corrected chi connectivity index (χ1v) is 23.4. The number of pyridine rings is 1. The number of benzene rings is 1. The lowest BCUT2D eigenvalue weighted by Crippen LogP contribution is -2.59. The number of nitrogens with one attached hydrogen (secondary N) is 3. The first-order valence-electron chi connectivity index (χ1n) is 21.0. The summed E-state index contributed by atoms with van der Waals surface area (Å²) in [6, 6.07) is 3.32. The predicted octanol–water partition coefficient (Wildman–Crippen LogP) is 4.69. The molecular formula is C42H51N7O8S2. The first kappa shape index (κ1) is 39.7. The van der Waals surface area contributed by atoms with Crippen LogP contribution in [-0.4, -0.2) is 108 Å². The highest BCUT2D eigenvalue weighted by Crippen LogP contribution is 2.47. The third kappa shape index (κ3) is 7.99. The lowest BCUT2D eigenvalue weighted by atomic mass is 10.0. The van der Waals surface area contributed by atoms with E-state index in [1.165, 1.54) is 16.2 Å². The Balaban J connectivity index is 1.05. The zero-order chi connectivity index (χ0) is 41.1. The zero-order valence-electron chi connectivity index (χ0n) is 33.4. The number of hydrogen-bond acceptors (Lipinski definition) is 11. The van der Waals surface area contributed by atoms with Gasteiger partial charge in [-0.3, -0.25) is 19.1 Å². The number of sulfonamides is 1. The summed E-state index contributed by atoms with van der Waals surface area (Å²) in [6.45, 7) is 3.19. The number of aryl methyl sites for hydroxylation is 1. The average Bonchev–Trinajstić information content (AvgIpc) is 4.14. The van der Waals surface area contributed by atoms with Crippen LogP contribution in [-0.2, 0) is 24.4 Å². The van der Waals surface area contributed by atoms with Gasteiger partial charge in [0, 0.05) is 53.7 Å². The summed E-state index contributed by atoms with van der Waals surface area (Å²) in [6.07, 6.45) is 11.0. The molecular weight excluding hydrogens is 795 g/mol. The predicted molar refractivity (Wildman–Crippen MR) is 220 cm³/mol. The minimum absolute atomic E-state index is 0.0307. The maximum Gasteiger partial charge on any atom is 0.318 e. The quantitative estimate of drug-likeness (QED) is 0.255. The highest BCUT2D eigenvalue weighted by atomic mass is 32.2. The van der Waals surface area contributed by atoms with Crippen LogP contribution in [0.5, 0.6) is 11.5 Å². The second kappa shape index (κ2) is 15.7. The fourth-order valence-electron chi connectivity index (χ4n) is 8.56. The van der Waals surface area contributed by atoms with Crippen molar-refractivity contribution >= 4 is 56.0 Å². The highest BCUT2D eigenvalue weighted by Gasteiger charge is 2.62. The number of hydrogen-bond donors (Lipinski definition) is 3.